The molecule has 1 unspecified atom stereocenters. The zero-order chi connectivity index (χ0) is 45.0. The number of benzene rings is 10. The zero-order valence-corrected chi connectivity index (χ0v) is 38.7. The number of para-hydroxylation sites is 1. The topological polar surface area (TPSA) is 20.5 Å². The van der Waals surface area contributed by atoms with Gasteiger partial charge in [-0.1, -0.05) is 184 Å². The molecule has 3 heterocycles. The number of thiophene rings is 1. The van der Waals surface area contributed by atoms with E-state index < -0.39 is 0 Å². The number of rotatable bonds is 4. The quantitative estimate of drug-likeness (QED) is 0.161. The van der Waals surface area contributed by atoms with E-state index in [1.54, 1.807) is 0 Å². The van der Waals surface area contributed by atoms with E-state index in [-0.39, 0.29) is 11.7 Å². The lowest BCUT2D eigenvalue weighted by molar-refractivity contribution is 0.543. The molecule has 1 atom stereocenters. The van der Waals surface area contributed by atoms with E-state index >= 15 is 0 Å². The molecule has 0 spiro atoms. The first-order chi connectivity index (χ1) is 33.4. The fourth-order valence-electron chi connectivity index (χ4n) is 12.5. The van der Waals surface area contributed by atoms with E-state index in [1.165, 1.54) is 125 Å². The van der Waals surface area contributed by atoms with Gasteiger partial charge in [0.05, 0.1) is 27.3 Å². The fourth-order valence-corrected chi connectivity index (χ4v) is 13.9. The smallest absolute Gasteiger partial charge is 0.203 e. The van der Waals surface area contributed by atoms with Crippen LogP contribution in [-0.2, 0) is 5.41 Å². The minimum atomic E-state index is -0.367. The maximum atomic E-state index is 5.92. The average Bonchev–Trinajstić information content (AvgIpc) is 4.12. The van der Waals surface area contributed by atoms with E-state index in [4.69, 9.17) is 4.99 Å². The molecule has 1 aliphatic heterocycles. The van der Waals surface area contributed by atoms with Gasteiger partial charge in [0.25, 0.3) is 0 Å². The van der Waals surface area contributed by atoms with Crippen LogP contribution in [0.5, 0.6) is 0 Å². The molecular formula is C64H43N3S. The first kappa shape index (κ1) is 38.1. The third-order valence-electron chi connectivity index (χ3n) is 15.5. The second kappa shape index (κ2) is 13.8. The highest BCUT2D eigenvalue weighted by molar-refractivity contribution is 7.23. The second-order valence-electron chi connectivity index (χ2n) is 19.4. The van der Waals surface area contributed by atoms with Crippen LogP contribution in [-0.4, -0.2) is 17.3 Å². The van der Waals surface area contributed by atoms with Crippen LogP contribution in [0.15, 0.2) is 205 Å². The van der Waals surface area contributed by atoms with Crippen molar-refractivity contribution in [3.8, 4) is 22.3 Å². The van der Waals surface area contributed by atoms with Crippen molar-refractivity contribution in [2.24, 2.45) is 4.99 Å². The predicted molar refractivity (Wildman–Crippen MR) is 290 cm³/mol. The van der Waals surface area contributed by atoms with Gasteiger partial charge in [-0.05, 0) is 113 Å². The first-order valence-electron chi connectivity index (χ1n) is 23.7. The molecule has 2 aliphatic carbocycles. The lowest BCUT2D eigenvalue weighted by Gasteiger charge is -2.34. The Kier molecular flexibility index (Phi) is 7.71. The van der Waals surface area contributed by atoms with Crippen LogP contribution in [0, 0.1) is 0 Å². The maximum Gasteiger partial charge on any atom is 0.203 e. The summed E-state index contributed by atoms with van der Waals surface area (Å²) < 4.78 is 3.79. The number of hydrogen-bond donors (Lipinski definition) is 0. The Morgan fingerprint density at radius 2 is 1.09 bits per heavy atom. The first-order valence-corrected chi connectivity index (χ1v) is 24.5. The summed E-state index contributed by atoms with van der Waals surface area (Å²) in [5.41, 5.74) is 18.8. The molecule has 3 nitrogen and oxygen atoms in total. The molecule has 0 bridgehead atoms. The van der Waals surface area contributed by atoms with Crippen LogP contribution in [0.25, 0.3) is 97.6 Å². The van der Waals surface area contributed by atoms with Gasteiger partial charge in [-0.15, -0.1) is 11.3 Å². The SMILES string of the molecule is CN1c2c(sc3c4ccccc4c4ccccc4c23)C(c2cccc(-c3ccccc3)c2)=NC1n1c2ccccc2c2cc(-c3ccc4c(c3)C3=C(c5cccc6cccc3c56)C4(C)C)ccc21. The molecule has 0 N–H and O–H groups in total. The number of aliphatic imine (C=N–C) groups is 1. The molecule has 320 valence electrons. The van der Waals surface area contributed by atoms with Gasteiger partial charge in [0.1, 0.15) is 0 Å². The van der Waals surface area contributed by atoms with Crippen LogP contribution < -0.4 is 4.90 Å². The number of hydrogen-bond acceptors (Lipinski definition) is 3. The van der Waals surface area contributed by atoms with Crippen LogP contribution in [0.4, 0.5) is 5.69 Å². The highest BCUT2D eigenvalue weighted by atomic mass is 32.1. The van der Waals surface area contributed by atoms with Gasteiger partial charge in [-0.2, -0.15) is 0 Å². The Hall–Kier alpha value is -8.05. The summed E-state index contributed by atoms with van der Waals surface area (Å²) in [4.78, 5) is 9.57. The molecule has 68 heavy (non-hydrogen) atoms. The van der Waals surface area contributed by atoms with Crippen molar-refractivity contribution in [1.82, 2.24) is 4.57 Å². The zero-order valence-electron chi connectivity index (χ0n) is 37.9. The fraction of sp³-hybridized carbons (Fsp3) is 0.0781. The largest absolute Gasteiger partial charge is 0.334 e. The third kappa shape index (κ3) is 5.05. The Morgan fingerprint density at radius 1 is 0.471 bits per heavy atom. The van der Waals surface area contributed by atoms with Gasteiger partial charge in [0.15, 0.2) is 0 Å². The van der Waals surface area contributed by atoms with Crippen molar-refractivity contribution in [3.05, 3.63) is 233 Å². The van der Waals surface area contributed by atoms with Gasteiger partial charge in [-0.25, -0.2) is 4.99 Å². The highest BCUT2D eigenvalue weighted by Gasteiger charge is 2.43. The lowest BCUT2D eigenvalue weighted by atomic mass is 9.78. The second-order valence-corrected chi connectivity index (χ2v) is 20.4. The van der Waals surface area contributed by atoms with Gasteiger partial charge in [0, 0.05) is 44.3 Å². The highest BCUT2D eigenvalue weighted by Crippen LogP contribution is 2.59. The molecule has 0 saturated heterocycles. The number of aromatic nitrogens is 1. The Balaban J connectivity index is 0.942. The molecular weight excluding hydrogens is 843 g/mol. The molecule has 10 aromatic carbocycles. The van der Waals surface area contributed by atoms with Crippen molar-refractivity contribution in [2.45, 2.75) is 25.6 Å². The van der Waals surface area contributed by atoms with Crippen molar-refractivity contribution in [2.75, 3.05) is 11.9 Å². The molecule has 4 heteroatoms. The minimum Gasteiger partial charge on any atom is -0.334 e. The van der Waals surface area contributed by atoms with Crippen LogP contribution in [0.2, 0.25) is 0 Å². The van der Waals surface area contributed by atoms with E-state index in [1.807, 2.05) is 11.3 Å². The maximum absolute atomic E-state index is 5.92. The van der Waals surface area contributed by atoms with Crippen molar-refractivity contribution in [3.63, 3.8) is 0 Å². The summed E-state index contributed by atoms with van der Waals surface area (Å²) in [5, 5.41) is 11.6. The van der Waals surface area contributed by atoms with E-state index in [2.05, 4.69) is 231 Å². The van der Waals surface area contributed by atoms with E-state index in [0.29, 0.717) is 0 Å². The monoisotopic (exact) mass is 885 g/mol. The van der Waals surface area contributed by atoms with Crippen molar-refractivity contribution < 1.29 is 0 Å². The summed E-state index contributed by atoms with van der Waals surface area (Å²) in [7, 11) is 2.26. The molecule has 0 saturated carbocycles. The van der Waals surface area contributed by atoms with Crippen molar-refractivity contribution >= 4 is 98.1 Å². The Morgan fingerprint density at radius 3 is 1.91 bits per heavy atom. The van der Waals surface area contributed by atoms with Crippen molar-refractivity contribution in [1.29, 1.82) is 0 Å². The van der Waals surface area contributed by atoms with E-state index in [0.717, 1.165) is 16.8 Å². The molecule has 15 rings (SSSR count). The molecule has 12 aromatic rings. The third-order valence-corrected chi connectivity index (χ3v) is 16.7. The predicted octanol–water partition coefficient (Wildman–Crippen LogP) is 16.8. The average molecular weight is 886 g/mol. The molecule has 0 radical (unpaired) electrons. The van der Waals surface area contributed by atoms with Gasteiger partial charge in [-0.3, -0.25) is 0 Å². The number of fused-ring (bicyclic) bond motifs is 15. The molecule has 0 fully saturated rings. The van der Waals surface area contributed by atoms with Crippen LogP contribution in [0.3, 0.4) is 0 Å². The van der Waals surface area contributed by atoms with Gasteiger partial charge < -0.3 is 9.47 Å². The van der Waals surface area contributed by atoms with Crippen LogP contribution >= 0.6 is 11.3 Å². The number of anilines is 1. The summed E-state index contributed by atoms with van der Waals surface area (Å²) >= 11 is 1.88. The summed E-state index contributed by atoms with van der Waals surface area (Å²) in [5.74, 6) is 0. The van der Waals surface area contributed by atoms with Crippen LogP contribution in [0.1, 0.15) is 52.8 Å². The Bertz CT molecular complexity index is 4250. The van der Waals surface area contributed by atoms with Gasteiger partial charge in [0.2, 0.25) is 6.29 Å². The molecule has 0 amide bonds. The Labute approximate surface area is 398 Å². The summed E-state index contributed by atoms with van der Waals surface area (Å²) in [6.45, 7) is 4.81. The lowest BCUT2D eigenvalue weighted by Crippen LogP contribution is -2.33. The number of nitrogens with zero attached hydrogens (tertiary/aromatic N) is 3. The number of allylic oxidation sites excluding steroid dienone is 1. The standard InChI is InChI=1S/C64H43N3S/c1-64(2)52-32-30-40(36-51(52)56-48-27-14-18-38-19-15-28-49(55(38)48)58(56)64)41-31-33-54-50(35-41)45-24-11-12-29-53(45)67(54)63-65-59(42-21-13-20-39(34-42)37-16-5-4-6-17-37)62-60(66(63)3)57-46-25-9-7-22-43(46)44-23-8-10-26-47(44)61(57)68-62/h4-36,63H,1-3H3. The summed E-state index contributed by atoms with van der Waals surface area (Å²) in [6.07, 6.45) is -0.367. The molecule has 2 aromatic heterocycles. The molecule has 3 aliphatic rings. The van der Waals surface area contributed by atoms with Gasteiger partial charge >= 0.3 is 0 Å². The van der Waals surface area contributed by atoms with E-state index in [9.17, 15) is 0 Å². The normalized spacial score (nSPS) is 15.8. The summed E-state index contributed by atoms with van der Waals surface area (Å²) in [6, 6.07) is 74.4. The minimum absolute atomic E-state index is 0.102.